The summed E-state index contributed by atoms with van der Waals surface area (Å²) in [7, 11) is 0. The number of imidazole rings is 1. The van der Waals surface area contributed by atoms with Crippen LogP contribution in [0.15, 0.2) is 41.1 Å². The Labute approximate surface area is 132 Å². The number of oxazole rings is 1. The van der Waals surface area contributed by atoms with Crippen molar-refractivity contribution in [1.82, 2.24) is 14.4 Å². The topological polar surface area (TPSA) is 43.3 Å². The minimum absolute atomic E-state index is 0.688. The Morgan fingerprint density at radius 2 is 1.91 bits per heavy atom. The first-order chi connectivity index (χ1) is 11.1. The lowest BCUT2D eigenvalue weighted by Gasteiger charge is -2.12. The van der Waals surface area contributed by atoms with Crippen LogP contribution in [0.3, 0.4) is 0 Å². The van der Waals surface area contributed by atoms with Crippen LogP contribution in [0.5, 0.6) is 0 Å². The maximum atomic E-state index is 5.74. The highest BCUT2D eigenvalue weighted by Gasteiger charge is 2.16. The van der Waals surface area contributed by atoms with E-state index in [0.29, 0.717) is 5.89 Å². The zero-order chi connectivity index (χ0) is 15.7. The third-order valence-electron chi connectivity index (χ3n) is 4.50. The third-order valence-corrected chi connectivity index (χ3v) is 4.50. The minimum atomic E-state index is 0.688. The van der Waals surface area contributed by atoms with Crippen molar-refractivity contribution in [2.24, 2.45) is 0 Å². The minimum Gasteiger partial charge on any atom is -0.441 e. The van der Waals surface area contributed by atoms with Gasteiger partial charge in [0.25, 0.3) is 0 Å². The monoisotopic (exact) mass is 301 g/mol. The van der Waals surface area contributed by atoms with E-state index >= 15 is 0 Å². The highest BCUT2D eigenvalue weighted by Crippen LogP contribution is 2.36. The van der Waals surface area contributed by atoms with Crippen LogP contribution in [-0.2, 0) is 0 Å². The molecule has 112 valence electrons. The summed E-state index contributed by atoms with van der Waals surface area (Å²) in [5, 5.41) is 3.43. The van der Waals surface area contributed by atoms with Crippen molar-refractivity contribution in [3.8, 4) is 0 Å². The SMILES string of the molecule is Cc1cc(C)c2c(c1)c1c(ccc3oc(C)nc31)c1nccn12. The number of rotatable bonds is 0. The van der Waals surface area contributed by atoms with E-state index in [1.807, 2.05) is 25.4 Å². The average molecular weight is 301 g/mol. The number of hydrogen-bond acceptors (Lipinski definition) is 3. The second kappa shape index (κ2) is 4.10. The number of aryl methyl sites for hydroxylation is 3. The fourth-order valence-electron chi connectivity index (χ4n) is 3.72. The molecule has 0 saturated carbocycles. The summed E-state index contributed by atoms with van der Waals surface area (Å²) < 4.78 is 7.91. The van der Waals surface area contributed by atoms with Crippen molar-refractivity contribution in [3.05, 3.63) is 53.7 Å². The second-order valence-electron chi connectivity index (χ2n) is 6.17. The molecule has 0 bridgehead atoms. The summed E-state index contributed by atoms with van der Waals surface area (Å²) in [6.45, 7) is 6.16. The molecule has 0 saturated heterocycles. The van der Waals surface area contributed by atoms with Gasteiger partial charge in [0.1, 0.15) is 11.2 Å². The number of pyridine rings is 1. The van der Waals surface area contributed by atoms with Crippen LogP contribution in [0.4, 0.5) is 0 Å². The first-order valence-electron chi connectivity index (χ1n) is 7.69. The number of hydrogen-bond donors (Lipinski definition) is 0. The number of aromatic nitrogens is 3. The Balaban J connectivity index is 2.24. The molecular weight excluding hydrogens is 286 g/mol. The van der Waals surface area contributed by atoms with E-state index in [9.17, 15) is 0 Å². The maximum Gasteiger partial charge on any atom is 0.192 e. The van der Waals surface area contributed by atoms with Gasteiger partial charge in [0.2, 0.25) is 0 Å². The van der Waals surface area contributed by atoms with Crippen LogP contribution in [0.2, 0.25) is 0 Å². The van der Waals surface area contributed by atoms with E-state index in [0.717, 1.165) is 27.5 Å². The van der Waals surface area contributed by atoms with Crippen LogP contribution < -0.4 is 0 Å². The molecule has 4 nitrogen and oxygen atoms in total. The van der Waals surface area contributed by atoms with Gasteiger partial charge in [0.15, 0.2) is 11.5 Å². The maximum absolute atomic E-state index is 5.74. The second-order valence-corrected chi connectivity index (χ2v) is 6.17. The van der Waals surface area contributed by atoms with Crippen LogP contribution >= 0.6 is 0 Å². The van der Waals surface area contributed by atoms with Gasteiger partial charge in [-0.3, -0.25) is 4.40 Å². The smallest absolute Gasteiger partial charge is 0.192 e. The van der Waals surface area contributed by atoms with E-state index in [2.05, 4.69) is 46.4 Å². The Kier molecular flexibility index (Phi) is 2.25. The molecule has 0 N–H and O–H groups in total. The van der Waals surface area contributed by atoms with Crippen LogP contribution in [0.25, 0.3) is 38.4 Å². The first kappa shape index (κ1) is 12.6. The quantitative estimate of drug-likeness (QED) is 0.389. The molecule has 0 aliphatic rings. The van der Waals surface area contributed by atoms with Gasteiger partial charge in [0, 0.05) is 35.5 Å². The summed E-state index contributed by atoms with van der Waals surface area (Å²) >= 11 is 0. The van der Waals surface area contributed by atoms with Gasteiger partial charge in [-0.05, 0) is 37.6 Å². The Bertz CT molecular complexity index is 1240. The van der Waals surface area contributed by atoms with Gasteiger partial charge < -0.3 is 4.42 Å². The summed E-state index contributed by atoms with van der Waals surface area (Å²) in [5.41, 5.74) is 6.37. The Morgan fingerprint density at radius 3 is 2.78 bits per heavy atom. The van der Waals surface area contributed by atoms with Gasteiger partial charge in [-0.25, -0.2) is 9.97 Å². The highest BCUT2D eigenvalue weighted by molar-refractivity contribution is 6.21. The van der Waals surface area contributed by atoms with Gasteiger partial charge >= 0.3 is 0 Å². The van der Waals surface area contributed by atoms with Crippen molar-refractivity contribution in [2.75, 3.05) is 0 Å². The number of nitrogens with zero attached hydrogens (tertiary/aromatic N) is 3. The van der Waals surface area contributed by atoms with Crippen molar-refractivity contribution in [3.63, 3.8) is 0 Å². The van der Waals surface area contributed by atoms with Crippen LogP contribution in [0, 0.1) is 20.8 Å². The summed E-state index contributed by atoms with van der Waals surface area (Å²) in [5.74, 6) is 0.688. The molecule has 2 aromatic carbocycles. The van der Waals surface area contributed by atoms with Gasteiger partial charge in [-0.1, -0.05) is 11.6 Å². The molecule has 0 amide bonds. The summed E-state index contributed by atoms with van der Waals surface area (Å²) in [4.78, 5) is 9.22. The molecular formula is C19H15N3O. The summed E-state index contributed by atoms with van der Waals surface area (Å²) in [6, 6.07) is 8.51. The van der Waals surface area contributed by atoms with Crippen molar-refractivity contribution in [2.45, 2.75) is 20.8 Å². The largest absolute Gasteiger partial charge is 0.441 e. The molecule has 0 unspecified atom stereocenters. The molecule has 0 atom stereocenters. The highest BCUT2D eigenvalue weighted by atomic mass is 16.3. The molecule has 0 radical (unpaired) electrons. The molecule has 0 aliphatic heterocycles. The van der Waals surface area contributed by atoms with E-state index in [4.69, 9.17) is 4.42 Å². The number of fused-ring (bicyclic) bond motifs is 8. The fraction of sp³-hybridized carbons (Fsp3) is 0.158. The van der Waals surface area contributed by atoms with E-state index in [1.54, 1.807) is 0 Å². The Morgan fingerprint density at radius 1 is 1.04 bits per heavy atom. The predicted molar refractivity (Wildman–Crippen MR) is 92.0 cm³/mol. The van der Waals surface area contributed by atoms with Crippen molar-refractivity contribution < 1.29 is 4.42 Å². The molecule has 23 heavy (non-hydrogen) atoms. The molecule has 0 spiro atoms. The van der Waals surface area contributed by atoms with Crippen LogP contribution in [0.1, 0.15) is 17.0 Å². The summed E-state index contributed by atoms with van der Waals surface area (Å²) in [6.07, 6.45) is 3.88. The molecule has 0 aliphatic carbocycles. The normalized spacial score (nSPS) is 12.1. The van der Waals surface area contributed by atoms with E-state index < -0.39 is 0 Å². The van der Waals surface area contributed by atoms with Gasteiger partial charge in [-0.2, -0.15) is 0 Å². The van der Waals surface area contributed by atoms with Gasteiger partial charge in [-0.15, -0.1) is 0 Å². The van der Waals surface area contributed by atoms with E-state index in [-0.39, 0.29) is 0 Å². The lowest BCUT2D eigenvalue weighted by Crippen LogP contribution is -1.94. The molecule has 3 aromatic heterocycles. The fourth-order valence-corrected chi connectivity index (χ4v) is 3.72. The molecule has 3 heterocycles. The third kappa shape index (κ3) is 1.55. The first-order valence-corrected chi connectivity index (χ1v) is 7.69. The molecule has 5 aromatic rings. The number of benzene rings is 2. The van der Waals surface area contributed by atoms with Crippen molar-refractivity contribution in [1.29, 1.82) is 0 Å². The molecule has 0 fully saturated rings. The van der Waals surface area contributed by atoms with Crippen molar-refractivity contribution >= 4 is 38.4 Å². The predicted octanol–water partition coefficient (Wildman–Crippen LogP) is 4.71. The lowest BCUT2D eigenvalue weighted by molar-refractivity contribution is 0.561. The zero-order valence-electron chi connectivity index (χ0n) is 13.2. The van der Waals surface area contributed by atoms with Crippen LogP contribution in [-0.4, -0.2) is 14.4 Å². The molecule has 4 heteroatoms. The lowest BCUT2D eigenvalue weighted by atomic mass is 10.00. The zero-order valence-corrected chi connectivity index (χ0v) is 13.2. The van der Waals surface area contributed by atoms with E-state index in [1.165, 1.54) is 22.0 Å². The average Bonchev–Trinajstić information content (AvgIpc) is 3.11. The van der Waals surface area contributed by atoms with Gasteiger partial charge in [0.05, 0.1) is 5.52 Å². The Hall–Kier alpha value is -2.88. The standard InChI is InChI=1S/C19H15N3O/c1-10-8-11(2)18-14(9-10)16-13(19-20-6-7-22(18)19)4-5-15-17(16)21-12(3)23-15/h4-9H,1-3H3. The molecule has 5 rings (SSSR count).